The Balaban J connectivity index is 2.13. The van der Waals surface area contributed by atoms with E-state index in [1.165, 1.54) is 0 Å². The second-order valence-corrected chi connectivity index (χ2v) is 3.48. The van der Waals surface area contributed by atoms with E-state index in [-0.39, 0.29) is 0 Å². The molecule has 0 unspecified atom stereocenters. The zero-order chi connectivity index (χ0) is 11.7. The van der Waals surface area contributed by atoms with E-state index in [4.69, 9.17) is 8.83 Å². The summed E-state index contributed by atoms with van der Waals surface area (Å²) in [5.41, 5.74) is 0. The maximum Gasteiger partial charge on any atom is 0.199 e. The van der Waals surface area contributed by atoms with E-state index in [2.05, 4.69) is 15.0 Å². The fraction of sp³-hybridized carbons (Fsp3) is 0.0833. The fourth-order valence-electron chi connectivity index (χ4n) is 1.51. The van der Waals surface area contributed by atoms with Crippen molar-refractivity contribution in [2.75, 3.05) is 0 Å². The van der Waals surface area contributed by atoms with Gasteiger partial charge in [0.2, 0.25) is 0 Å². The van der Waals surface area contributed by atoms with Crippen LogP contribution in [0.1, 0.15) is 5.82 Å². The van der Waals surface area contributed by atoms with Gasteiger partial charge in [0.15, 0.2) is 23.2 Å². The molecule has 0 N–H and O–H groups in total. The van der Waals surface area contributed by atoms with Crippen molar-refractivity contribution < 1.29 is 8.83 Å². The topological polar surface area (TPSA) is 65.0 Å². The molecule has 0 fully saturated rings. The van der Waals surface area contributed by atoms with Gasteiger partial charge in [0.25, 0.3) is 0 Å². The summed E-state index contributed by atoms with van der Waals surface area (Å²) in [6.45, 7) is 1.81. The van der Waals surface area contributed by atoms with Crippen LogP contribution in [-0.2, 0) is 0 Å². The van der Waals surface area contributed by atoms with Gasteiger partial charge in [0.05, 0.1) is 12.5 Å². The van der Waals surface area contributed by atoms with Gasteiger partial charge < -0.3 is 8.83 Å². The molecule has 0 bridgehead atoms. The van der Waals surface area contributed by atoms with Gasteiger partial charge in [-0.15, -0.1) is 0 Å². The first-order valence-electron chi connectivity index (χ1n) is 5.13. The molecule has 3 aromatic rings. The van der Waals surface area contributed by atoms with E-state index in [1.807, 2.05) is 0 Å². The first-order chi connectivity index (χ1) is 8.33. The number of hydrogen-bond acceptors (Lipinski definition) is 5. The molecule has 5 nitrogen and oxygen atoms in total. The highest BCUT2D eigenvalue weighted by molar-refractivity contribution is 5.53. The van der Waals surface area contributed by atoms with Crippen LogP contribution >= 0.6 is 0 Å². The minimum atomic E-state index is 0.508. The van der Waals surface area contributed by atoms with Gasteiger partial charge in [0.1, 0.15) is 5.82 Å². The second kappa shape index (κ2) is 3.86. The van der Waals surface area contributed by atoms with Gasteiger partial charge in [-0.1, -0.05) is 0 Å². The van der Waals surface area contributed by atoms with Crippen LogP contribution in [0, 0.1) is 6.92 Å². The van der Waals surface area contributed by atoms with E-state index >= 15 is 0 Å². The SMILES string of the molecule is Cc1nc(-c2ccco2)nc(-c2ccco2)n1. The summed E-state index contributed by atoms with van der Waals surface area (Å²) in [7, 11) is 0. The Morgan fingerprint density at radius 1 is 0.824 bits per heavy atom. The molecule has 3 heterocycles. The molecule has 0 aliphatic heterocycles. The van der Waals surface area contributed by atoms with Crippen molar-refractivity contribution >= 4 is 0 Å². The minimum Gasteiger partial charge on any atom is -0.461 e. The highest BCUT2D eigenvalue weighted by Crippen LogP contribution is 2.20. The van der Waals surface area contributed by atoms with Gasteiger partial charge in [-0.05, 0) is 31.2 Å². The van der Waals surface area contributed by atoms with Gasteiger partial charge in [0, 0.05) is 0 Å². The van der Waals surface area contributed by atoms with Crippen molar-refractivity contribution in [2.24, 2.45) is 0 Å². The van der Waals surface area contributed by atoms with Gasteiger partial charge in [-0.3, -0.25) is 0 Å². The van der Waals surface area contributed by atoms with Crippen LogP contribution in [0.5, 0.6) is 0 Å². The molecule has 0 saturated heterocycles. The second-order valence-electron chi connectivity index (χ2n) is 3.48. The predicted molar refractivity (Wildman–Crippen MR) is 60.0 cm³/mol. The highest BCUT2D eigenvalue weighted by Gasteiger charge is 2.11. The quantitative estimate of drug-likeness (QED) is 0.673. The molecule has 0 amide bonds. The molecule has 0 spiro atoms. The number of rotatable bonds is 2. The lowest BCUT2D eigenvalue weighted by atomic mass is 10.4. The van der Waals surface area contributed by atoms with Crippen molar-refractivity contribution in [3.05, 3.63) is 42.6 Å². The zero-order valence-corrected chi connectivity index (χ0v) is 9.12. The third kappa shape index (κ3) is 1.82. The standard InChI is InChI=1S/C12H9N3O2/c1-8-13-11(9-4-2-6-16-9)15-12(14-8)10-5-3-7-17-10/h2-7H,1H3. The third-order valence-corrected chi connectivity index (χ3v) is 2.23. The third-order valence-electron chi connectivity index (χ3n) is 2.23. The van der Waals surface area contributed by atoms with Crippen LogP contribution in [0.15, 0.2) is 45.6 Å². The zero-order valence-electron chi connectivity index (χ0n) is 9.12. The Bertz CT molecular complexity index is 563. The van der Waals surface area contributed by atoms with Crippen molar-refractivity contribution in [3.8, 4) is 23.2 Å². The smallest absolute Gasteiger partial charge is 0.199 e. The van der Waals surface area contributed by atoms with Crippen LogP contribution in [0.25, 0.3) is 23.2 Å². The summed E-state index contributed by atoms with van der Waals surface area (Å²) in [4.78, 5) is 12.8. The minimum absolute atomic E-state index is 0.508. The Morgan fingerprint density at radius 2 is 1.35 bits per heavy atom. The maximum atomic E-state index is 5.26. The van der Waals surface area contributed by atoms with E-state index in [9.17, 15) is 0 Å². The van der Waals surface area contributed by atoms with Gasteiger partial charge >= 0.3 is 0 Å². The van der Waals surface area contributed by atoms with Crippen molar-refractivity contribution in [3.63, 3.8) is 0 Å². The van der Waals surface area contributed by atoms with Gasteiger partial charge in [-0.25, -0.2) is 15.0 Å². The lowest BCUT2D eigenvalue weighted by molar-refractivity contribution is 0.570. The fourth-order valence-corrected chi connectivity index (χ4v) is 1.51. The lowest BCUT2D eigenvalue weighted by Gasteiger charge is -2.00. The molecule has 0 aliphatic carbocycles. The monoisotopic (exact) mass is 227 g/mol. The van der Waals surface area contributed by atoms with Crippen LogP contribution in [0.2, 0.25) is 0 Å². The van der Waals surface area contributed by atoms with E-state index in [0.29, 0.717) is 29.0 Å². The molecular weight excluding hydrogens is 218 g/mol. The first kappa shape index (κ1) is 9.77. The molecule has 0 aromatic carbocycles. The normalized spacial score (nSPS) is 10.6. The van der Waals surface area contributed by atoms with E-state index in [0.717, 1.165) is 0 Å². The number of nitrogens with zero attached hydrogens (tertiary/aromatic N) is 3. The Hall–Kier alpha value is -2.43. The van der Waals surface area contributed by atoms with Crippen molar-refractivity contribution in [1.29, 1.82) is 0 Å². The summed E-state index contributed by atoms with van der Waals surface area (Å²) in [6, 6.07) is 7.20. The Morgan fingerprint density at radius 3 is 1.76 bits per heavy atom. The number of aromatic nitrogens is 3. The highest BCUT2D eigenvalue weighted by atomic mass is 16.3. The summed E-state index contributed by atoms with van der Waals surface area (Å²) in [5, 5.41) is 0. The molecule has 0 radical (unpaired) electrons. The van der Waals surface area contributed by atoms with Gasteiger partial charge in [-0.2, -0.15) is 0 Å². The van der Waals surface area contributed by atoms with E-state index in [1.54, 1.807) is 43.7 Å². The summed E-state index contributed by atoms with van der Waals surface area (Å²) in [6.07, 6.45) is 3.17. The van der Waals surface area contributed by atoms with Crippen LogP contribution in [0.3, 0.4) is 0 Å². The number of hydrogen-bond donors (Lipinski definition) is 0. The van der Waals surface area contributed by atoms with Crippen molar-refractivity contribution in [1.82, 2.24) is 15.0 Å². The molecule has 0 atom stereocenters. The molecule has 5 heteroatoms. The maximum absolute atomic E-state index is 5.26. The van der Waals surface area contributed by atoms with Crippen molar-refractivity contribution in [2.45, 2.75) is 6.92 Å². The van der Waals surface area contributed by atoms with E-state index < -0.39 is 0 Å². The largest absolute Gasteiger partial charge is 0.461 e. The van der Waals surface area contributed by atoms with Crippen LogP contribution in [-0.4, -0.2) is 15.0 Å². The number of furan rings is 2. The first-order valence-corrected chi connectivity index (χ1v) is 5.13. The molecule has 3 rings (SSSR count). The molecule has 0 saturated carbocycles. The average molecular weight is 227 g/mol. The summed E-state index contributed by atoms with van der Waals surface area (Å²) < 4.78 is 10.5. The molecule has 0 aliphatic rings. The molecule has 84 valence electrons. The Kier molecular flexibility index (Phi) is 2.22. The predicted octanol–water partition coefficient (Wildman–Crippen LogP) is 2.70. The average Bonchev–Trinajstić information content (AvgIpc) is 3.02. The molecule has 17 heavy (non-hydrogen) atoms. The lowest BCUT2D eigenvalue weighted by Crippen LogP contribution is -1.98. The Labute approximate surface area is 97.2 Å². The molecular formula is C12H9N3O2. The summed E-state index contributed by atoms with van der Waals surface area (Å²) in [5.74, 6) is 2.87. The molecule has 3 aromatic heterocycles. The number of aryl methyl sites for hydroxylation is 1. The van der Waals surface area contributed by atoms with Crippen LogP contribution in [0.4, 0.5) is 0 Å². The summed E-state index contributed by atoms with van der Waals surface area (Å²) >= 11 is 0. The van der Waals surface area contributed by atoms with Crippen LogP contribution < -0.4 is 0 Å².